The number of nitrogens with two attached hydrogens (primary N) is 1. The van der Waals surface area contributed by atoms with Gasteiger partial charge >= 0.3 is 0 Å². The summed E-state index contributed by atoms with van der Waals surface area (Å²) in [6.45, 7) is 4.51. The van der Waals surface area contributed by atoms with Crippen molar-refractivity contribution < 1.29 is 9.18 Å². The van der Waals surface area contributed by atoms with Gasteiger partial charge < -0.3 is 11.1 Å². The second-order valence-corrected chi connectivity index (χ2v) is 7.53. The molecule has 0 aliphatic heterocycles. The first kappa shape index (κ1) is 21.5. The van der Waals surface area contributed by atoms with Gasteiger partial charge in [0.15, 0.2) is 5.65 Å². The summed E-state index contributed by atoms with van der Waals surface area (Å²) in [5.74, 6) is -0.345. The van der Waals surface area contributed by atoms with Crippen LogP contribution in [0.1, 0.15) is 49.0 Å². The van der Waals surface area contributed by atoms with Gasteiger partial charge in [-0.3, -0.25) is 9.48 Å². The Morgan fingerprint density at radius 2 is 1.94 bits per heavy atom. The molecule has 4 aromatic rings. The molecule has 8 nitrogen and oxygen atoms in total. The number of fused-ring (bicyclic) bond motifs is 1. The topological polar surface area (TPSA) is 103 Å². The van der Waals surface area contributed by atoms with Crippen LogP contribution < -0.4 is 11.1 Å². The zero-order valence-corrected chi connectivity index (χ0v) is 18.1. The number of hydrogen-bond donors (Lipinski definition) is 2. The predicted octanol–water partition coefficient (Wildman–Crippen LogP) is 3.67. The first-order chi connectivity index (χ1) is 15.5. The quantitative estimate of drug-likeness (QED) is 0.498. The fraction of sp³-hybridized carbons (Fsp3) is 0.304. The summed E-state index contributed by atoms with van der Waals surface area (Å²) < 4.78 is 16.4. The van der Waals surface area contributed by atoms with Gasteiger partial charge in [0.1, 0.15) is 5.82 Å². The molecule has 1 amide bonds. The Kier molecular flexibility index (Phi) is 6.16. The first-order valence-corrected chi connectivity index (χ1v) is 10.8. The molecule has 32 heavy (non-hydrogen) atoms. The number of halogens is 1. The summed E-state index contributed by atoms with van der Waals surface area (Å²) in [4.78, 5) is 17.0. The highest BCUT2D eigenvalue weighted by atomic mass is 19.1. The van der Waals surface area contributed by atoms with Crippen LogP contribution >= 0.6 is 0 Å². The highest BCUT2D eigenvalue weighted by molar-refractivity contribution is 6.01. The van der Waals surface area contributed by atoms with Gasteiger partial charge in [-0.15, -0.1) is 5.10 Å². The molecule has 166 valence electrons. The molecular weight excluding hydrogens is 409 g/mol. The molecule has 1 saturated carbocycles. The fourth-order valence-electron chi connectivity index (χ4n) is 3.52. The van der Waals surface area contributed by atoms with Gasteiger partial charge in [-0.2, -0.15) is 10.1 Å². The third kappa shape index (κ3) is 4.46. The van der Waals surface area contributed by atoms with Crippen LogP contribution in [0, 0.1) is 5.82 Å². The van der Waals surface area contributed by atoms with E-state index in [1.165, 1.54) is 16.6 Å². The smallest absolute Gasteiger partial charge is 0.255 e. The number of carbonyl (C=O) groups is 1. The van der Waals surface area contributed by atoms with Gasteiger partial charge in [0.2, 0.25) is 5.95 Å². The third-order valence-corrected chi connectivity index (χ3v) is 5.36. The van der Waals surface area contributed by atoms with Gasteiger partial charge in [0.25, 0.3) is 5.91 Å². The van der Waals surface area contributed by atoms with E-state index >= 15 is 0 Å². The molecule has 1 fully saturated rings. The second kappa shape index (κ2) is 9.17. The van der Waals surface area contributed by atoms with E-state index in [1.807, 2.05) is 20.0 Å². The van der Waals surface area contributed by atoms with E-state index in [4.69, 9.17) is 5.73 Å². The van der Waals surface area contributed by atoms with Gasteiger partial charge in [0, 0.05) is 29.6 Å². The number of nitrogens with one attached hydrogen (secondary N) is 1. The number of anilines is 1. The number of pyridine rings is 1. The van der Waals surface area contributed by atoms with E-state index in [0.717, 1.165) is 36.0 Å². The van der Waals surface area contributed by atoms with E-state index in [2.05, 4.69) is 20.5 Å². The normalized spacial score (nSPS) is 13.3. The van der Waals surface area contributed by atoms with Crippen molar-refractivity contribution in [3.05, 3.63) is 65.9 Å². The Hall–Kier alpha value is -3.75. The van der Waals surface area contributed by atoms with Gasteiger partial charge in [-0.25, -0.2) is 8.91 Å². The molecule has 3 heterocycles. The Morgan fingerprint density at radius 3 is 2.62 bits per heavy atom. The molecule has 1 aliphatic carbocycles. The number of aromatic nitrogens is 5. The zero-order chi connectivity index (χ0) is 22.7. The Bertz CT molecular complexity index is 1230. The van der Waals surface area contributed by atoms with Gasteiger partial charge in [0.05, 0.1) is 18.3 Å². The van der Waals surface area contributed by atoms with Crippen LogP contribution in [0.25, 0.3) is 16.8 Å². The minimum absolute atomic E-state index is 0.108. The number of nitrogen functional groups attached to an aromatic ring is 1. The minimum atomic E-state index is -0.270. The summed E-state index contributed by atoms with van der Waals surface area (Å²) in [7, 11) is 0. The zero-order valence-electron chi connectivity index (χ0n) is 18.1. The molecule has 0 unspecified atom stereocenters. The van der Waals surface area contributed by atoms with E-state index in [9.17, 15) is 9.18 Å². The van der Waals surface area contributed by atoms with Crippen LogP contribution in [0.2, 0.25) is 0 Å². The lowest BCUT2D eigenvalue weighted by atomic mass is 9.93. The summed E-state index contributed by atoms with van der Waals surface area (Å²) in [5, 5.41) is 11.6. The molecule has 0 bridgehead atoms. The largest absolute Gasteiger partial charge is 0.366 e. The highest BCUT2D eigenvalue weighted by Crippen LogP contribution is 2.24. The number of carbonyl (C=O) groups excluding carboxylic acids is 1. The van der Waals surface area contributed by atoms with Crippen molar-refractivity contribution in [3.8, 4) is 11.1 Å². The number of rotatable bonds is 5. The van der Waals surface area contributed by atoms with Crippen molar-refractivity contribution in [2.24, 2.45) is 0 Å². The van der Waals surface area contributed by atoms with Crippen molar-refractivity contribution >= 4 is 17.5 Å². The molecule has 0 saturated heterocycles. The van der Waals surface area contributed by atoms with Crippen molar-refractivity contribution in [1.29, 1.82) is 0 Å². The molecule has 9 heteroatoms. The number of hydrogen-bond acceptors (Lipinski definition) is 5. The van der Waals surface area contributed by atoms with E-state index in [-0.39, 0.29) is 23.7 Å². The second-order valence-electron chi connectivity index (χ2n) is 7.53. The van der Waals surface area contributed by atoms with Crippen LogP contribution in [0.15, 0.2) is 48.9 Å². The summed E-state index contributed by atoms with van der Waals surface area (Å²) in [6.07, 6.45) is 8.49. The Balaban J connectivity index is 0.00000119. The van der Waals surface area contributed by atoms with E-state index in [1.54, 1.807) is 35.3 Å². The van der Waals surface area contributed by atoms with E-state index in [0.29, 0.717) is 17.8 Å². The fourth-order valence-corrected chi connectivity index (χ4v) is 3.52. The maximum absolute atomic E-state index is 13.1. The molecule has 5 rings (SSSR count). The number of nitrogens with zero attached hydrogens (tertiary/aromatic N) is 5. The van der Waals surface area contributed by atoms with E-state index < -0.39 is 0 Å². The predicted molar refractivity (Wildman–Crippen MR) is 121 cm³/mol. The lowest BCUT2D eigenvalue weighted by Gasteiger charge is -2.26. The van der Waals surface area contributed by atoms with Crippen LogP contribution in [0.5, 0.6) is 0 Å². The molecule has 3 N–H and O–H groups in total. The van der Waals surface area contributed by atoms with Crippen LogP contribution in [-0.4, -0.2) is 36.3 Å². The highest BCUT2D eigenvalue weighted by Gasteiger charge is 2.23. The molecule has 3 aromatic heterocycles. The lowest BCUT2D eigenvalue weighted by Crippen LogP contribution is -2.39. The molecule has 1 aromatic carbocycles. The SMILES string of the molecule is CC.Nc1nc2c(C(=O)NC3CCC3)cc(-c3cnn(Cc4ccc(F)cc4)c3)cn2n1. The summed E-state index contributed by atoms with van der Waals surface area (Å²) in [6, 6.07) is 8.30. The van der Waals surface area contributed by atoms with Crippen molar-refractivity contribution in [1.82, 2.24) is 29.7 Å². The standard InChI is InChI=1S/C21H20FN7O.C2H6/c22-16-6-4-13(5-7-16)10-28-11-15(9-24-28)14-8-18(20(30)25-17-2-1-3-17)19-26-21(23)27-29(19)12-14;1-2/h4-9,11-12,17H,1-3,10H2,(H2,23,27)(H,25,30);1-2H3. The average molecular weight is 436 g/mol. The third-order valence-electron chi connectivity index (χ3n) is 5.36. The van der Waals surface area contributed by atoms with Crippen LogP contribution in [-0.2, 0) is 6.54 Å². The summed E-state index contributed by atoms with van der Waals surface area (Å²) in [5.41, 5.74) is 9.15. The monoisotopic (exact) mass is 435 g/mol. The molecule has 1 aliphatic rings. The maximum Gasteiger partial charge on any atom is 0.255 e. The number of amides is 1. The molecule has 0 radical (unpaired) electrons. The Labute approximate surface area is 185 Å². The average Bonchev–Trinajstić information content (AvgIpc) is 3.38. The lowest BCUT2D eigenvalue weighted by molar-refractivity contribution is 0.0918. The Morgan fingerprint density at radius 1 is 1.19 bits per heavy atom. The molecule has 0 atom stereocenters. The maximum atomic E-state index is 13.1. The van der Waals surface area contributed by atoms with Gasteiger partial charge in [-0.1, -0.05) is 26.0 Å². The van der Waals surface area contributed by atoms with Crippen molar-refractivity contribution in [2.75, 3.05) is 5.73 Å². The molecular formula is C23H26FN7O. The van der Waals surface area contributed by atoms with Crippen LogP contribution in [0.4, 0.5) is 10.3 Å². The van der Waals surface area contributed by atoms with Crippen LogP contribution in [0.3, 0.4) is 0 Å². The summed E-state index contributed by atoms with van der Waals surface area (Å²) >= 11 is 0. The van der Waals surface area contributed by atoms with Gasteiger partial charge in [-0.05, 0) is 43.0 Å². The first-order valence-electron chi connectivity index (χ1n) is 10.8. The van der Waals surface area contributed by atoms with Crippen molar-refractivity contribution in [3.63, 3.8) is 0 Å². The molecule has 0 spiro atoms. The number of benzene rings is 1. The van der Waals surface area contributed by atoms with Crippen molar-refractivity contribution in [2.45, 2.75) is 45.7 Å². The minimum Gasteiger partial charge on any atom is -0.366 e.